The van der Waals surface area contributed by atoms with Crippen molar-refractivity contribution in [2.24, 2.45) is 0 Å². The van der Waals surface area contributed by atoms with Gasteiger partial charge in [0, 0.05) is 12.2 Å². The minimum atomic E-state index is -0.272. The van der Waals surface area contributed by atoms with Gasteiger partial charge >= 0.3 is 0 Å². The number of amides is 2. The number of anilines is 1. The molecule has 2 unspecified atom stereocenters. The number of aromatic nitrogens is 1. The Morgan fingerprint density at radius 3 is 2.16 bits per heavy atom. The Kier molecular flexibility index (Phi) is 6.13. The van der Waals surface area contributed by atoms with E-state index in [0.29, 0.717) is 6.42 Å². The fraction of sp³-hybridized carbons (Fsp3) is 0.250. The van der Waals surface area contributed by atoms with Gasteiger partial charge in [0.1, 0.15) is 12.6 Å². The molecule has 6 rings (SSSR count). The Morgan fingerprint density at radius 2 is 1.49 bits per heavy atom. The minimum Gasteiger partial charge on any atom is -0.330 e. The van der Waals surface area contributed by atoms with Gasteiger partial charge in [-0.1, -0.05) is 79.7 Å². The monoisotopic (exact) mass is 489 g/mol. The van der Waals surface area contributed by atoms with Crippen LogP contribution in [-0.4, -0.2) is 33.9 Å². The zero-order chi connectivity index (χ0) is 25.4. The van der Waals surface area contributed by atoms with Crippen LogP contribution in [0.5, 0.6) is 0 Å². The first kappa shape index (κ1) is 23.3. The second kappa shape index (κ2) is 9.74. The highest BCUT2D eigenvalue weighted by atomic mass is 16.2. The topological polar surface area (TPSA) is 45.6 Å². The Labute approximate surface area is 218 Å². The molecule has 2 heterocycles. The van der Waals surface area contributed by atoms with Crippen molar-refractivity contribution in [3.05, 3.63) is 120 Å². The number of hydrogen-bond donors (Lipinski definition) is 0. The first-order valence-electron chi connectivity index (χ1n) is 13.2. The molecule has 0 radical (unpaired) electrons. The normalized spacial score (nSPS) is 17.0. The summed E-state index contributed by atoms with van der Waals surface area (Å²) < 4.78 is 2.17. The summed E-state index contributed by atoms with van der Waals surface area (Å²) in [4.78, 5) is 31.9. The molecule has 4 aromatic rings. The van der Waals surface area contributed by atoms with Crippen LogP contribution < -0.4 is 4.90 Å². The quantitative estimate of drug-likeness (QED) is 0.315. The van der Waals surface area contributed by atoms with Crippen molar-refractivity contribution in [2.45, 2.75) is 44.2 Å². The summed E-state index contributed by atoms with van der Waals surface area (Å²) in [5.41, 5.74) is 4.94. The molecule has 5 heteroatoms. The summed E-state index contributed by atoms with van der Waals surface area (Å²) in [6.07, 6.45) is 4.65. The number of fused-ring (bicyclic) bond motifs is 3. The third-order valence-corrected chi connectivity index (χ3v) is 7.59. The summed E-state index contributed by atoms with van der Waals surface area (Å²) in [6, 6.07) is 32.1. The van der Waals surface area contributed by atoms with Crippen molar-refractivity contribution in [2.75, 3.05) is 11.4 Å². The van der Waals surface area contributed by atoms with Crippen LogP contribution >= 0.6 is 0 Å². The standard InChI is InChI=1S/C32H31N3O2/c1-2-26(23-12-5-3-6-13-23)32(37)34(25-19-20-25)22-30(36)35-28-17-10-9-16-27(28)33-21-11-18-29(33)31(35)24-14-7-4-8-15-24/h3-18,21,25-26,31H,2,19-20,22H2,1H3. The minimum absolute atomic E-state index is 0.0504. The van der Waals surface area contributed by atoms with E-state index >= 15 is 0 Å². The highest BCUT2D eigenvalue weighted by Crippen LogP contribution is 2.42. The molecule has 0 N–H and O–H groups in total. The third-order valence-electron chi connectivity index (χ3n) is 7.59. The van der Waals surface area contributed by atoms with E-state index < -0.39 is 0 Å². The molecule has 0 saturated heterocycles. The molecule has 3 aromatic carbocycles. The summed E-state index contributed by atoms with van der Waals surface area (Å²) in [7, 11) is 0. The van der Waals surface area contributed by atoms with Gasteiger partial charge < -0.3 is 9.47 Å². The van der Waals surface area contributed by atoms with Gasteiger partial charge in [-0.15, -0.1) is 0 Å². The number of carbonyl (C=O) groups is 2. The van der Waals surface area contributed by atoms with E-state index in [0.717, 1.165) is 41.0 Å². The number of benzene rings is 3. The maximum absolute atomic E-state index is 14.3. The Hall–Kier alpha value is -4.12. The average Bonchev–Trinajstić information content (AvgIpc) is 3.67. The van der Waals surface area contributed by atoms with Crippen LogP contribution in [0.25, 0.3) is 5.69 Å². The maximum atomic E-state index is 14.3. The molecule has 1 aliphatic carbocycles. The molecule has 0 bridgehead atoms. The largest absolute Gasteiger partial charge is 0.330 e. The molecule has 1 saturated carbocycles. The highest BCUT2D eigenvalue weighted by Gasteiger charge is 2.41. The number of rotatable bonds is 7. The van der Waals surface area contributed by atoms with E-state index in [1.165, 1.54) is 0 Å². The molecule has 0 spiro atoms. The first-order chi connectivity index (χ1) is 18.2. The second-order valence-corrected chi connectivity index (χ2v) is 9.94. The van der Waals surface area contributed by atoms with Crippen LogP contribution in [0.1, 0.15) is 55.0 Å². The molecule has 2 atom stereocenters. The third kappa shape index (κ3) is 4.25. The SMILES string of the molecule is CCC(C(=O)N(CC(=O)N1c2ccccc2-n2cccc2C1c1ccccc1)C1CC1)c1ccccc1. The molecule has 2 aliphatic rings. The predicted octanol–water partition coefficient (Wildman–Crippen LogP) is 6.10. The van der Waals surface area contributed by atoms with Gasteiger partial charge in [0.15, 0.2) is 0 Å². The van der Waals surface area contributed by atoms with Gasteiger partial charge in [0.05, 0.1) is 23.0 Å². The van der Waals surface area contributed by atoms with Gasteiger partial charge in [-0.25, -0.2) is 0 Å². The Morgan fingerprint density at radius 1 is 0.838 bits per heavy atom. The Balaban J connectivity index is 1.38. The van der Waals surface area contributed by atoms with Gasteiger partial charge in [-0.05, 0) is 54.7 Å². The lowest BCUT2D eigenvalue weighted by Crippen LogP contribution is -2.48. The van der Waals surface area contributed by atoms with Crippen molar-refractivity contribution in [1.29, 1.82) is 0 Å². The molecule has 5 nitrogen and oxygen atoms in total. The summed E-state index contributed by atoms with van der Waals surface area (Å²) >= 11 is 0. The average molecular weight is 490 g/mol. The number of nitrogens with zero attached hydrogens (tertiary/aromatic N) is 3. The molecule has 186 valence electrons. The maximum Gasteiger partial charge on any atom is 0.247 e. The predicted molar refractivity (Wildman–Crippen MR) is 146 cm³/mol. The van der Waals surface area contributed by atoms with Crippen LogP contribution in [-0.2, 0) is 9.59 Å². The number of hydrogen-bond acceptors (Lipinski definition) is 2. The van der Waals surface area contributed by atoms with E-state index in [-0.39, 0.29) is 36.4 Å². The lowest BCUT2D eigenvalue weighted by molar-refractivity contribution is -0.137. The Bertz CT molecular complexity index is 1410. The van der Waals surface area contributed by atoms with E-state index in [2.05, 4.69) is 29.0 Å². The fourth-order valence-corrected chi connectivity index (χ4v) is 5.65. The van der Waals surface area contributed by atoms with E-state index in [9.17, 15) is 9.59 Å². The summed E-state index contributed by atoms with van der Waals surface area (Å²) in [5.74, 6) is -0.253. The summed E-state index contributed by atoms with van der Waals surface area (Å²) in [6.45, 7) is 2.12. The van der Waals surface area contributed by atoms with Crippen molar-refractivity contribution < 1.29 is 9.59 Å². The smallest absolute Gasteiger partial charge is 0.247 e. The van der Waals surface area contributed by atoms with E-state index in [4.69, 9.17) is 0 Å². The van der Waals surface area contributed by atoms with Crippen molar-refractivity contribution >= 4 is 17.5 Å². The van der Waals surface area contributed by atoms with Crippen LogP contribution in [0, 0.1) is 0 Å². The van der Waals surface area contributed by atoms with Gasteiger partial charge in [0.25, 0.3) is 0 Å². The van der Waals surface area contributed by atoms with Crippen LogP contribution in [0.2, 0.25) is 0 Å². The molecular weight excluding hydrogens is 458 g/mol. The van der Waals surface area contributed by atoms with Crippen LogP contribution in [0.3, 0.4) is 0 Å². The van der Waals surface area contributed by atoms with Gasteiger partial charge in [-0.2, -0.15) is 0 Å². The molecular formula is C32H31N3O2. The number of carbonyl (C=O) groups excluding carboxylic acids is 2. The molecule has 2 amide bonds. The molecule has 37 heavy (non-hydrogen) atoms. The van der Waals surface area contributed by atoms with E-state index in [1.807, 2.05) is 95.6 Å². The van der Waals surface area contributed by atoms with Crippen LogP contribution in [0.4, 0.5) is 5.69 Å². The van der Waals surface area contributed by atoms with Crippen molar-refractivity contribution in [3.8, 4) is 5.69 Å². The molecule has 1 aromatic heterocycles. The lowest BCUT2D eigenvalue weighted by atomic mass is 9.94. The highest BCUT2D eigenvalue weighted by molar-refractivity contribution is 6.01. The summed E-state index contributed by atoms with van der Waals surface area (Å²) in [5, 5.41) is 0. The zero-order valence-electron chi connectivity index (χ0n) is 21.0. The van der Waals surface area contributed by atoms with Crippen molar-refractivity contribution in [3.63, 3.8) is 0 Å². The zero-order valence-corrected chi connectivity index (χ0v) is 21.0. The van der Waals surface area contributed by atoms with E-state index in [1.54, 1.807) is 0 Å². The lowest BCUT2D eigenvalue weighted by Gasteiger charge is -2.40. The number of para-hydroxylation sites is 2. The first-order valence-corrected chi connectivity index (χ1v) is 13.2. The van der Waals surface area contributed by atoms with Gasteiger partial charge in [-0.3, -0.25) is 14.5 Å². The fourth-order valence-electron chi connectivity index (χ4n) is 5.65. The van der Waals surface area contributed by atoms with Gasteiger partial charge in [0.2, 0.25) is 11.8 Å². The second-order valence-electron chi connectivity index (χ2n) is 9.94. The molecule has 1 aliphatic heterocycles. The molecule has 1 fully saturated rings. The van der Waals surface area contributed by atoms with Crippen molar-refractivity contribution in [1.82, 2.24) is 9.47 Å². The van der Waals surface area contributed by atoms with Crippen LogP contribution in [0.15, 0.2) is 103 Å².